The van der Waals surface area contributed by atoms with E-state index in [1.54, 1.807) is 6.92 Å². The molecule has 0 aliphatic heterocycles. The van der Waals surface area contributed by atoms with E-state index in [1.807, 2.05) is 0 Å². The summed E-state index contributed by atoms with van der Waals surface area (Å²) in [5.74, 6) is 4.47. The Hall–Kier alpha value is -0.732. The first-order chi connectivity index (χ1) is 13.0. The fourth-order valence-electron chi connectivity index (χ4n) is 5.85. The molecule has 1 aromatic rings. The molecule has 0 saturated heterocycles. The van der Waals surface area contributed by atoms with Crippen LogP contribution in [0.15, 0.2) is 30.3 Å². The van der Waals surface area contributed by atoms with Gasteiger partial charge in [0.1, 0.15) is 0 Å². The Morgan fingerprint density at radius 1 is 1.07 bits per heavy atom. The van der Waals surface area contributed by atoms with Crippen molar-refractivity contribution in [2.45, 2.75) is 54.7 Å². The van der Waals surface area contributed by atoms with E-state index in [-0.39, 0.29) is 15.2 Å². The first kappa shape index (κ1) is 19.6. The van der Waals surface area contributed by atoms with Gasteiger partial charge in [-0.2, -0.15) is 0 Å². The van der Waals surface area contributed by atoms with E-state index in [0.29, 0.717) is 5.21 Å². The zero-order valence-corrected chi connectivity index (χ0v) is 19.0. The van der Waals surface area contributed by atoms with E-state index in [1.165, 1.54) is 37.7 Å². The molecule has 1 atom stereocenters. The summed E-state index contributed by atoms with van der Waals surface area (Å²) < 4.78 is 0.405. The zero-order chi connectivity index (χ0) is 18.9. The van der Waals surface area contributed by atoms with E-state index < -0.39 is 15.8 Å². The van der Waals surface area contributed by atoms with Crippen molar-refractivity contribution in [1.29, 1.82) is 0 Å². The topological polar surface area (TPSA) is 46.2 Å². The molecule has 27 heavy (non-hydrogen) atoms. The van der Waals surface area contributed by atoms with Crippen LogP contribution in [0.25, 0.3) is 0 Å². The Kier molecular flexibility index (Phi) is 6.04. The molecule has 5 heteroatoms. The predicted octanol–water partition coefficient (Wildman–Crippen LogP) is 3.63. The van der Waals surface area contributed by atoms with Crippen molar-refractivity contribution in [1.82, 2.24) is 5.32 Å². The van der Waals surface area contributed by atoms with Crippen molar-refractivity contribution >= 4 is 38.0 Å². The first-order valence-electron chi connectivity index (χ1n) is 10.2. The monoisotopic (exact) mass is 447 g/mol. The average Bonchev–Trinajstić information content (AvgIpc) is 2.66. The predicted molar refractivity (Wildman–Crippen MR) is 113 cm³/mol. The Morgan fingerprint density at radius 3 is 2.30 bits per heavy atom. The third-order valence-electron chi connectivity index (χ3n) is 6.93. The van der Waals surface area contributed by atoms with E-state index in [9.17, 15) is 9.59 Å². The van der Waals surface area contributed by atoms with Crippen LogP contribution >= 0.6 is 11.8 Å². The minimum atomic E-state index is -0.774. The molecule has 1 aromatic carbocycles. The minimum absolute atomic E-state index is 0.0960. The molecule has 4 bridgehead atoms. The Labute approximate surface area is 173 Å². The quantitative estimate of drug-likeness (QED) is 0.619. The number of rotatable bonds is 8. The third-order valence-corrected chi connectivity index (χ3v) is 10.8. The molecule has 0 aromatic heterocycles. The molecule has 1 amide bonds. The summed E-state index contributed by atoms with van der Waals surface area (Å²) in [5.41, 5.74) is 1.38. The van der Waals surface area contributed by atoms with Crippen molar-refractivity contribution in [3.63, 3.8) is 0 Å². The molecule has 0 radical (unpaired) electrons. The van der Waals surface area contributed by atoms with Gasteiger partial charge < -0.3 is 0 Å². The van der Waals surface area contributed by atoms with Crippen LogP contribution < -0.4 is 5.32 Å². The van der Waals surface area contributed by atoms with Crippen LogP contribution in [-0.2, 0) is 15.3 Å². The van der Waals surface area contributed by atoms with Gasteiger partial charge in [0.15, 0.2) is 0 Å². The molecule has 4 fully saturated rings. The number of benzene rings is 1. The molecule has 0 heterocycles. The fourth-order valence-corrected chi connectivity index (χ4v) is 8.63. The maximum atomic E-state index is 12.4. The van der Waals surface area contributed by atoms with Crippen molar-refractivity contribution in [3.8, 4) is 0 Å². The molecule has 146 valence electrons. The average molecular weight is 447 g/mol. The van der Waals surface area contributed by atoms with Gasteiger partial charge in [-0.15, -0.1) is 0 Å². The van der Waals surface area contributed by atoms with Crippen molar-refractivity contribution in [3.05, 3.63) is 35.9 Å². The summed E-state index contributed by atoms with van der Waals surface area (Å²) in [6.45, 7) is 2.41. The van der Waals surface area contributed by atoms with Gasteiger partial charge >= 0.3 is 174 Å². The van der Waals surface area contributed by atoms with Gasteiger partial charge in [0.05, 0.1) is 0 Å². The summed E-state index contributed by atoms with van der Waals surface area (Å²) in [6.07, 6.45) is 6.86. The first-order valence-corrected chi connectivity index (χ1v) is 13.8. The van der Waals surface area contributed by atoms with Gasteiger partial charge in [0.2, 0.25) is 0 Å². The molecule has 4 aliphatic carbocycles. The number of carbonyl (C=O) groups excluding carboxylic acids is 2. The van der Waals surface area contributed by atoms with Crippen LogP contribution in [-0.4, -0.2) is 37.5 Å². The molecule has 1 N–H and O–H groups in total. The van der Waals surface area contributed by atoms with Crippen molar-refractivity contribution < 1.29 is 9.59 Å². The van der Waals surface area contributed by atoms with Gasteiger partial charge in [-0.3, -0.25) is 0 Å². The second-order valence-corrected chi connectivity index (χ2v) is 13.0. The van der Waals surface area contributed by atoms with Crippen molar-refractivity contribution in [2.24, 2.45) is 23.7 Å². The van der Waals surface area contributed by atoms with Crippen LogP contribution in [0, 0.1) is 23.7 Å². The summed E-state index contributed by atoms with van der Waals surface area (Å²) in [7, 11) is 0. The number of hydrogen-bond donors (Lipinski definition) is 1. The maximum absolute atomic E-state index is 12.4. The number of amides is 1. The summed E-state index contributed by atoms with van der Waals surface area (Å²) >= 11 is 1.33. The Morgan fingerprint density at radius 2 is 1.70 bits per heavy atom. The summed E-state index contributed by atoms with van der Waals surface area (Å²) in [4.78, 5) is 23.6. The van der Waals surface area contributed by atoms with Gasteiger partial charge in [0.25, 0.3) is 0 Å². The van der Waals surface area contributed by atoms with E-state index in [4.69, 9.17) is 0 Å². The van der Waals surface area contributed by atoms with E-state index in [0.717, 1.165) is 36.0 Å². The van der Waals surface area contributed by atoms with Crippen molar-refractivity contribution in [2.75, 3.05) is 6.54 Å². The number of nitrogens with one attached hydrogen (secondary N) is 1. The number of hydrogen-bond acceptors (Lipinski definition) is 3. The van der Waals surface area contributed by atoms with Gasteiger partial charge in [0, 0.05) is 0 Å². The van der Waals surface area contributed by atoms with Crippen LogP contribution in [0.5, 0.6) is 0 Å². The number of thioether (sulfide) groups is 1. The molecule has 0 spiro atoms. The summed E-state index contributed by atoms with van der Waals surface area (Å²) in [5, 5.41) is 3.72. The van der Waals surface area contributed by atoms with Crippen LogP contribution in [0.4, 0.5) is 0 Å². The molecule has 3 nitrogen and oxygen atoms in total. The molecule has 1 unspecified atom stereocenters. The normalized spacial score (nSPS) is 34.3. The van der Waals surface area contributed by atoms with E-state index >= 15 is 0 Å². The third kappa shape index (κ3) is 4.32. The fraction of sp³-hybridized carbons (Fsp3) is 0.636. The SMILES string of the molecule is CC(=O)[AsH]CC(=O)NCC1(SCc2ccccc2)C2CC3CC(C2)CC1C3. The molecular formula is C22H30AsNO2S. The van der Waals surface area contributed by atoms with Gasteiger partial charge in [-0.1, -0.05) is 0 Å². The standard InChI is InChI=1S/C22H30AsNO2S/c1-15(25)23-12-21(26)24-14-22(27-13-16-5-3-2-4-6-16)19-8-17-7-18(10-19)11-20(22)9-17/h2-6,17-20,23H,7-14H2,1H3,(H,24,26). The molecule has 5 rings (SSSR count). The van der Waals surface area contributed by atoms with Crippen LogP contribution in [0.1, 0.15) is 44.6 Å². The Bertz CT molecular complexity index is 665. The van der Waals surface area contributed by atoms with Crippen LogP contribution in [0.2, 0.25) is 5.21 Å². The van der Waals surface area contributed by atoms with Crippen LogP contribution in [0.3, 0.4) is 0 Å². The second kappa shape index (κ2) is 8.33. The number of carbonyl (C=O) groups is 2. The Balaban J connectivity index is 1.47. The molecule has 4 aliphatic rings. The zero-order valence-electron chi connectivity index (χ0n) is 16.1. The van der Waals surface area contributed by atoms with E-state index in [2.05, 4.69) is 47.4 Å². The second-order valence-electron chi connectivity index (χ2n) is 8.72. The molecular weight excluding hydrogens is 417 g/mol. The summed E-state index contributed by atoms with van der Waals surface area (Å²) in [6, 6.07) is 10.7. The molecule has 4 saturated carbocycles. The van der Waals surface area contributed by atoms with Gasteiger partial charge in [-0.05, 0) is 0 Å². The van der Waals surface area contributed by atoms with Gasteiger partial charge in [-0.25, -0.2) is 0 Å².